The number of hydrogen-bond donors (Lipinski definition) is 1. The molecule has 108 valence electrons. The topological polar surface area (TPSA) is 102 Å². The molecule has 0 unspecified atom stereocenters. The van der Waals surface area contributed by atoms with Gasteiger partial charge in [0.1, 0.15) is 5.56 Å². The third-order valence-electron chi connectivity index (χ3n) is 2.98. The second-order valence-corrected chi connectivity index (χ2v) is 4.29. The van der Waals surface area contributed by atoms with E-state index in [9.17, 15) is 14.9 Å². The van der Waals surface area contributed by atoms with E-state index in [2.05, 4.69) is 4.98 Å². The lowest BCUT2D eigenvalue weighted by molar-refractivity contribution is -0.385. The molecule has 0 spiro atoms. The van der Waals surface area contributed by atoms with E-state index < -0.39 is 10.8 Å². The molecular formula is C14H14N4O3. The molecule has 1 aromatic heterocycles. The summed E-state index contributed by atoms with van der Waals surface area (Å²) in [4.78, 5) is 28.4. The van der Waals surface area contributed by atoms with Crippen molar-refractivity contribution in [1.29, 1.82) is 0 Å². The number of amides is 1. The number of nitro groups is 1. The molecule has 0 bridgehead atoms. The van der Waals surface area contributed by atoms with Crippen LogP contribution in [0.1, 0.15) is 17.3 Å². The van der Waals surface area contributed by atoms with Crippen LogP contribution in [0.2, 0.25) is 0 Å². The first-order chi connectivity index (χ1) is 10.0. The maximum Gasteiger partial charge on any atom is 0.282 e. The molecule has 0 saturated heterocycles. The summed E-state index contributed by atoms with van der Waals surface area (Å²) in [6, 6.07) is 7.30. The molecule has 7 nitrogen and oxygen atoms in total. The van der Waals surface area contributed by atoms with E-state index in [1.54, 1.807) is 31.5 Å². The van der Waals surface area contributed by atoms with Gasteiger partial charge in [-0.15, -0.1) is 0 Å². The molecule has 0 aliphatic rings. The Morgan fingerprint density at radius 1 is 1.33 bits per heavy atom. The second kappa shape index (κ2) is 6.00. The molecule has 2 aromatic rings. The van der Waals surface area contributed by atoms with Crippen LogP contribution in [0, 0.1) is 10.1 Å². The quantitative estimate of drug-likeness (QED) is 0.527. The summed E-state index contributed by atoms with van der Waals surface area (Å²) >= 11 is 0. The molecule has 0 fully saturated rings. The number of anilines is 2. The first-order valence-electron chi connectivity index (χ1n) is 6.30. The molecule has 1 amide bonds. The van der Waals surface area contributed by atoms with E-state index in [0.29, 0.717) is 17.9 Å². The van der Waals surface area contributed by atoms with Gasteiger partial charge >= 0.3 is 0 Å². The van der Waals surface area contributed by atoms with Crippen molar-refractivity contribution >= 4 is 23.0 Å². The average molecular weight is 286 g/mol. The van der Waals surface area contributed by atoms with E-state index in [1.165, 1.54) is 23.1 Å². The van der Waals surface area contributed by atoms with Crippen LogP contribution in [-0.2, 0) is 0 Å². The van der Waals surface area contributed by atoms with Gasteiger partial charge in [-0.3, -0.25) is 19.9 Å². The van der Waals surface area contributed by atoms with Crippen molar-refractivity contribution in [1.82, 2.24) is 4.98 Å². The Morgan fingerprint density at radius 2 is 2.00 bits per heavy atom. The molecule has 2 N–H and O–H groups in total. The molecule has 0 radical (unpaired) electrons. The zero-order valence-corrected chi connectivity index (χ0v) is 11.4. The summed E-state index contributed by atoms with van der Waals surface area (Å²) in [5.74, 6) is -0.470. The van der Waals surface area contributed by atoms with Gasteiger partial charge in [0.05, 0.1) is 4.92 Å². The highest BCUT2D eigenvalue weighted by molar-refractivity contribution is 6.09. The van der Waals surface area contributed by atoms with Crippen LogP contribution in [0.5, 0.6) is 0 Å². The lowest BCUT2D eigenvalue weighted by atomic mass is 10.1. The van der Waals surface area contributed by atoms with Crippen molar-refractivity contribution in [3.05, 3.63) is 58.4 Å². The molecule has 1 heterocycles. The van der Waals surface area contributed by atoms with Crippen molar-refractivity contribution in [3.63, 3.8) is 0 Å². The normalized spacial score (nSPS) is 10.1. The van der Waals surface area contributed by atoms with Crippen LogP contribution in [-0.4, -0.2) is 22.4 Å². The Hall–Kier alpha value is -2.96. The second-order valence-electron chi connectivity index (χ2n) is 4.29. The third-order valence-corrected chi connectivity index (χ3v) is 2.98. The minimum Gasteiger partial charge on any atom is -0.399 e. The van der Waals surface area contributed by atoms with Gasteiger partial charge in [-0.1, -0.05) is 0 Å². The Bertz CT molecular complexity index is 673. The standard InChI is InChI=1S/C14H14N4O3/c1-2-17(11-5-7-16-8-6-11)14(19)12-9-10(15)3-4-13(12)18(20)21/h3-9H,2,15H2,1H3. The van der Waals surface area contributed by atoms with E-state index in [1.807, 2.05) is 0 Å². The van der Waals surface area contributed by atoms with Gasteiger partial charge in [0.2, 0.25) is 0 Å². The van der Waals surface area contributed by atoms with Crippen molar-refractivity contribution < 1.29 is 9.72 Å². The van der Waals surface area contributed by atoms with Crippen LogP contribution >= 0.6 is 0 Å². The number of hydrogen-bond acceptors (Lipinski definition) is 5. The maximum absolute atomic E-state index is 12.6. The van der Waals surface area contributed by atoms with E-state index >= 15 is 0 Å². The molecule has 0 saturated carbocycles. The number of rotatable bonds is 4. The van der Waals surface area contributed by atoms with Gasteiger partial charge < -0.3 is 10.6 Å². The number of benzene rings is 1. The van der Waals surface area contributed by atoms with Gasteiger partial charge in [-0.25, -0.2) is 0 Å². The van der Waals surface area contributed by atoms with E-state index in [4.69, 9.17) is 5.73 Å². The van der Waals surface area contributed by atoms with Crippen LogP contribution in [0.25, 0.3) is 0 Å². The number of carbonyl (C=O) groups is 1. The van der Waals surface area contributed by atoms with Crippen LogP contribution in [0.15, 0.2) is 42.7 Å². The smallest absolute Gasteiger partial charge is 0.282 e. The van der Waals surface area contributed by atoms with Crippen LogP contribution in [0.3, 0.4) is 0 Å². The highest BCUT2D eigenvalue weighted by Crippen LogP contribution is 2.25. The number of pyridine rings is 1. The van der Waals surface area contributed by atoms with Crippen molar-refractivity contribution in [3.8, 4) is 0 Å². The summed E-state index contributed by atoms with van der Waals surface area (Å²) in [6.07, 6.45) is 3.11. The van der Waals surface area contributed by atoms with Crippen molar-refractivity contribution in [2.45, 2.75) is 6.92 Å². The lowest BCUT2D eigenvalue weighted by Gasteiger charge is -2.20. The molecule has 0 aliphatic heterocycles. The number of nitrogen functional groups attached to an aromatic ring is 1. The fraction of sp³-hybridized carbons (Fsp3) is 0.143. The van der Waals surface area contributed by atoms with Gasteiger partial charge in [-0.05, 0) is 31.2 Å². The lowest BCUT2D eigenvalue weighted by Crippen LogP contribution is -2.31. The molecule has 2 rings (SSSR count). The zero-order valence-electron chi connectivity index (χ0n) is 11.4. The fourth-order valence-corrected chi connectivity index (χ4v) is 2.00. The Kier molecular flexibility index (Phi) is 4.13. The minimum atomic E-state index is -0.590. The summed E-state index contributed by atoms with van der Waals surface area (Å²) in [5, 5.41) is 11.1. The number of nitro benzene ring substituents is 1. The maximum atomic E-state index is 12.6. The third kappa shape index (κ3) is 2.97. The average Bonchev–Trinajstić information content (AvgIpc) is 2.48. The molecule has 0 atom stereocenters. The van der Waals surface area contributed by atoms with Crippen LogP contribution in [0.4, 0.5) is 17.1 Å². The zero-order chi connectivity index (χ0) is 15.4. The van der Waals surface area contributed by atoms with Gasteiger partial charge in [0, 0.05) is 36.4 Å². The monoisotopic (exact) mass is 286 g/mol. The molecule has 0 aliphatic carbocycles. The Balaban J connectivity index is 2.48. The highest BCUT2D eigenvalue weighted by atomic mass is 16.6. The molecule has 21 heavy (non-hydrogen) atoms. The van der Waals surface area contributed by atoms with Crippen molar-refractivity contribution in [2.24, 2.45) is 0 Å². The Morgan fingerprint density at radius 3 is 2.57 bits per heavy atom. The molecule has 7 heteroatoms. The Labute approximate surface area is 121 Å². The van der Waals surface area contributed by atoms with Crippen molar-refractivity contribution in [2.75, 3.05) is 17.2 Å². The predicted molar refractivity (Wildman–Crippen MR) is 79.1 cm³/mol. The number of carbonyl (C=O) groups excluding carboxylic acids is 1. The summed E-state index contributed by atoms with van der Waals surface area (Å²) in [7, 11) is 0. The highest BCUT2D eigenvalue weighted by Gasteiger charge is 2.25. The molecular weight excluding hydrogens is 272 g/mol. The van der Waals surface area contributed by atoms with E-state index in [-0.39, 0.29) is 11.3 Å². The summed E-state index contributed by atoms with van der Waals surface area (Å²) < 4.78 is 0. The largest absolute Gasteiger partial charge is 0.399 e. The molecule has 1 aromatic carbocycles. The van der Waals surface area contributed by atoms with Crippen LogP contribution < -0.4 is 10.6 Å². The SMILES string of the molecule is CCN(C(=O)c1cc(N)ccc1[N+](=O)[O-])c1ccncc1. The van der Waals surface area contributed by atoms with Gasteiger partial charge in [0.15, 0.2) is 0 Å². The first-order valence-corrected chi connectivity index (χ1v) is 6.30. The number of aromatic nitrogens is 1. The minimum absolute atomic E-state index is 0.0290. The number of nitrogens with zero attached hydrogens (tertiary/aromatic N) is 3. The fourth-order valence-electron chi connectivity index (χ4n) is 2.00. The summed E-state index contributed by atoms with van der Waals surface area (Å²) in [5.41, 5.74) is 6.27. The first kappa shape index (κ1) is 14.4. The van der Waals surface area contributed by atoms with Gasteiger partial charge in [-0.2, -0.15) is 0 Å². The van der Waals surface area contributed by atoms with Gasteiger partial charge in [0.25, 0.3) is 11.6 Å². The van der Waals surface area contributed by atoms with E-state index in [0.717, 1.165) is 0 Å². The number of nitrogens with two attached hydrogens (primary N) is 1. The summed E-state index contributed by atoms with van der Waals surface area (Å²) in [6.45, 7) is 2.16. The predicted octanol–water partition coefficient (Wildman–Crippen LogP) is 2.24.